The van der Waals surface area contributed by atoms with Crippen LogP contribution in [0.3, 0.4) is 0 Å². The third kappa shape index (κ3) is 5.05. The highest BCUT2D eigenvalue weighted by atomic mass is 19.1. The van der Waals surface area contributed by atoms with Crippen LogP contribution in [0.5, 0.6) is 11.6 Å². The zero-order valence-electron chi connectivity index (χ0n) is 18.8. The van der Waals surface area contributed by atoms with Crippen molar-refractivity contribution in [1.82, 2.24) is 4.98 Å². The average Bonchev–Trinajstić information content (AvgIpc) is 3.63. The molecule has 0 spiro atoms. The van der Waals surface area contributed by atoms with Crippen molar-refractivity contribution >= 4 is 5.97 Å². The largest absolute Gasteiger partial charge is 0.493 e. The molecule has 0 bridgehead atoms. The molecule has 0 saturated heterocycles. The van der Waals surface area contributed by atoms with Gasteiger partial charge >= 0.3 is 5.97 Å². The molecule has 0 aliphatic heterocycles. The number of hydrogen-bond acceptors (Lipinski definition) is 4. The first-order valence-corrected chi connectivity index (χ1v) is 11.5. The van der Waals surface area contributed by atoms with Gasteiger partial charge < -0.3 is 14.6 Å². The van der Waals surface area contributed by atoms with E-state index in [1.807, 2.05) is 30.3 Å². The minimum atomic E-state index is -2.28. The van der Waals surface area contributed by atoms with E-state index in [9.17, 15) is 9.90 Å². The Morgan fingerprint density at radius 1 is 1.19 bits per heavy atom. The molecule has 5 nitrogen and oxygen atoms in total. The van der Waals surface area contributed by atoms with E-state index in [1.165, 1.54) is 12.5 Å². The molecule has 2 atom stereocenters. The molecule has 2 saturated carbocycles. The molecule has 1 aromatic heterocycles. The molecule has 0 amide bonds. The zero-order valence-corrected chi connectivity index (χ0v) is 18.8. The van der Waals surface area contributed by atoms with Gasteiger partial charge in [-0.2, -0.15) is 0 Å². The van der Waals surface area contributed by atoms with Crippen LogP contribution in [0, 0.1) is 11.8 Å². The number of hydrogen-bond donors (Lipinski definition) is 1. The average molecular weight is 442 g/mol. The molecule has 6 heteroatoms. The third-order valence-electron chi connectivity index (χ3n) is 7.08. The number of ether oxygens (including phenoxy) is 2. The fourth-order valence-corrected chi connectivity index (χ4v) is 5.06. The predicted octanol–water partition coefficient (Wildman–Crippen LogP) is 5.75. The molecule has 2 aliphatic carbocycles. The van der Waals surface area contributed by atoms with Crippen molar-refractivity contribution < 1.29 is 23.8 Å². The number of carbonyl (C=O) groups is 1. The first kappa shape index (κ1) is 22.6. The van der Waals surface area contributed by atoms with Gasteiger partial charge in [-0.25, -0.2) is 14.2 Å². The number of methoxy groups -OCH3 is 1. The molecule has 2 aromatic rings. The summed E-state index contributed by atoms with van der Waals surface area (Å²) in [6, 6.07) is 11.5. The van der Waals surface area contributed by atoms with Gasteiger partial charge in [-0.1, -0.05) is 12.1 Å². The van der Waals surface area contributed by atoms with E-state index in [1.54, 1.807) is 13.3 Å². The second kappa shape index (κ2) is 9.47. The molecular weight excluding hydrogens is 409 g/mol. The minimum Gasteiger partial charge on any atom is -0.493 e. The van der Waals surface area contributed by atoms with Crippen molar-refractivity contribution in [2.75, 3.05) is 13.7 Å². The van der Waals surface area contributed by atoms with Gasteiger partial charge in [0.2, 0.25) is 11.5 Å². The van der Waals surface area contributed by atoms with Gasteiger partial charge in [0.1, 0.15) is 5.75 Å². The standard InChI is InChI=1S/C26H32FNO4/c1-26(27,25(29)30)24(19-10-11-19)21-4-3-5-22(14-21)32-16-17-6-8-18(9-7-17)20-12-13-28-23(15-20)31-2/h3-5,12-15,17-19,24H,6-11,16H2,1-2H3,(H,29,30)/t17?,18?,24-,26?/m0/s1. The summed E-state index contributed by atoms with van der Waals surface area (Å²) >= 11 is 0. The highest BCUT2D eigenvalue weighted by Crippen LogP contribution is 2.50. The van der Waals surface area contributed by atoms with Gasteiger partial charge in [0.05, 0.1) is 13.7 Å². The fraction of sp³-hybridized carbons (Fsp3) is 0.538. The number of nitrogens with zero attached hydrogens (tertiary/aromatic N) is 1. The summed E-state index contributed by atoms with van der Waals surface area (Å²) in [6.45, 7) is 1.80. The van der Waals surface area contributed by atoms with Crippen molar-refractivity contribution in [3.63, 3.8) is 0 Å². The first-order valence-electron chi connectivity index (χ1n) is 11.5. The van der Waals surface area contributed by atoms with E-state index in [0.717, 1.165) is 38.5 Å². The number of aliphatic carboxylic acids is 1. The minimum absolute atomic E-state index is 0.0819. The number of aromatic nitrogens is 1. The maximum atomic E-state index is 15.0. The number of benzene rings is 1. The Morgan fingerprint density at radius 3 is 2.59 bits per heavy atom. The Labute approximate surface area is 189 Å². The molecule has 2 aliphatic rings. The van der Waals surface area contributed by atoms with Crippen LogP contribution in [0.1, 0.15) is 68.4 Å². The summed E-state index contributed by atoms with van der Waals surface area (Å²) in [5.41, 5.74) is -0.288. The topological polar surface area (TPSA) is 68.7 Å². The third-order valence-corrected chi connectivity index (χ3v) is 7.08. The molecule has 1 heterocycles. The first-order chi connectivity index (χ1) is 15.4. The normalized spacial score (nSPS) is 23.7. The smallest absolute Gasteiger partial charge is 0.341 e. The van der Waals surface area contributed by atoms with Crippen LogP contribution in [0.4, 0.5) is 4.39 Å². The number of carboxylic acid groups (broad SMARTS) is 1. The van der Waals surface area contributed by atoms with Crippen molar-refractivity contribution in [1.29, 1.82) is 0 Å². The van der Waals surface area contributed by atoms with Crippen LogP contribution in [0.25, 0.3) is 0 Å². The SMILES string of the molecule is COc1cc(C2CCC(COc3cccc([C@H](C4CC4)C(C)(F)C(=O)O)c3)CC2)ccn1. The molecule has 172 valence electrons. The lowest BCUT2D eigenvalue weighted by Crippen LogP contribution is -2.38. The van der Waals surface area contributed by atoms with E-state index in [2.05, 4.69) is 11.1 Å². The van der Waals surface area contributed by atoms with Gasteiger partial charge in [0.15, 0.2) is 0 Å². The number of halogens is 1. The van der Waals surface area contributed by atoms with E-state index in [4.69, 9.17) is 9.47 Å². The summed E-state index contributed by atoms with van der Waals surface area (Å²) < 4.78 is 26.4. The number of pyridine rings is 1. The Hall–Kier alpha value is -2.63. The van der Waals surface area contributed by atoms with Crippen LogP contribution < -0.4 is 9.47 Å². The summed E-state index contributed by atoms with van der Waals surface area (Å²) in [6.07, 6.45) is 7.92. The Kier molecular flexibility index (Phi) is 6.68. The van der Waals surface area contributed by atoms with Crippen molar-refractivity contribution in [3.8, 4) is 11.6 Å². The Bertz CT molecular complexity index is 935. The highest BCUT2D eigenvalue weighted by Gasteiger charge is 2.50. The van der Waals surface area contributed by atoms with Crippen LogP contribution in [0.2, 0.25) is 0 Å². The molecular formula is C26H32FNO4. The van der Waals surface area contributed by atoms with Crippen LogP contribution in [-0.4, -0.2) is 35.4 Å². The zero-order chi connectivity index (χ0) is 22.7. The molecule has 1 unspecified atom stereocenters. The van der Waals surface area contributed by atoms with E-state index < -0.39 is 17.6 Å². The molecule has 2 fully saturated rings. The van der Waals surface area contributed by atoms with Crippen LogP contribution >= 0.6 is 0 Å². The lowest BCUT2D eigenvalue weighted by Gasteiger charge is -2.29. The summed E-state index contributed by atoms with van der Waals surface area (Å²) in [5, 5.41) is 9.41. The lowest BCUT2D eigenvalue weighted by atomic mass is 9.79. The second-order valence-corrected chi connectivity index (χ2v) is 9.43. The maximum Gasteiger partial charge on any atom is 0.341 e. The predicted molar refractivity (Wildman–Crippen MR) is 120 cm³/mol. The summed E-state index contributed by atoms with van der Waals surface area (Å²) in [7, 11) is 1.64. The van der Waals surface area contributed by atoms with Gasteiger partial charge in [0, 0.05) is 18.2 Å². The second-order valence-electron chi connectivity index (χ2n) is 9.43. The van der Waals surface area contributed by atoms with Gasteiger partial charge in [-0.05, 0) is 92.5 Å². The lowest BCUT2D eigenvalue weighted by molar-refractivity contribution is -0.151. The number of rotatable bonds is 9. The highest BCUT2D eigenvalue weighted by molar-refractivity contribution is 5.78. The maximum absolute atomic E-state index is 15.0. The molecule has 1 aromatic carbocycles. The van der Waals surface area contributed by atoms with E-state index >= 15 is 4.39 Å². The van der Waals surface area contributed by atoms with Gasteiger partial charge in [-0.15, -0.1) is 0 Å². The van der Waals surface area contributed by atoms with Crippen molar-refractivity contribution in [3.05, 3.63) is 53.7 Å². The molecule has 0 radical (unpaired) electrons. The van der Waals surface area contributed by atoms with Gasteiger partial charge in [0.25, 0.3) is 0 Å². The van der Waals surface area contributed by atoms with E-state index in [-0.39, 0.29) is 5.92 Å². The quantitative estimate of drug-likeness (QED) is 0.537. The number of alkyl halides is 1. The van der Waals surface area contributed by atoms with Crippen LogP contribution in [0.15, 0.2) is 42.6 Å². The summed E-state index contributed by atoms with van der Waals surface area (Å²) in [5.74, 6) is 0.381. The number of carboxylic acids is 1. The van der Waals surface area contributed by atoms with Gasteiger partial charge in [-0.3, -0.25) is 0 Å². The Morgan fingerprint density at radius 2 is 1.94 bits per heavy atom. The Balaban J connectivity index is 1.34. The van der Waals surface area contributed by atoms with Crippen molar-refractivity contribution in [2.45, 2.75) is 63.0 Å². The van der Waals surface area contributed by atoms with Crippen molar-refractivity contribution in [2.24, 2.45) is 11.8 Å². The summed E-state index contributed by atoms with van der Waals surface area (Å²) in [4.78, 5) is 15.7. The van der Waals surface area contributed by atoms with E-state index in [0.29, 0.717) is 35.6 Å². The molecule has 1 N–H and O–H groups in total. The monoisotopic (exact) mass is 441 g/mol. The fourth-order valence-electron chi connectivity index (χ4n) is 5.06. The van der Waals surface area contributed by atoms with Crippen LogP contribution in [-0.2, 0) is 4.79 Å². The molecule has 4 rings (SSSR count). The molecule has 32 heavy (non-hydrogen) atoms.